The van der Waals surface area contributed by atoms with Gasteiger partial charge in [0.1, 0.15) is 0 Å². The Kier molecular flexibility index (Phi) is 3.46. The standard InChI is InChI=1S/C15H17BrN2O/c1-10(19)11-6-7-14(12(16)8-11)18-9-17-13-4-2-3-5-15(13)18/h6-10,19H,2-5H2,1H3/t10-/m0/s1. The number of fused-ring (bicyclic) bond motifs is 1. The molecule has 1 atom stereocenters. The fourth-order valence-electron chi connectivity index (χ4n) is 2.66. The van der Waals surface area contributed by atoms with Crippen molar-refractivity contribution in [2.24, 2.45) is 0 Å². The molecule has 0 spiro atoms. The van der Waals surface area contributed by atoms with Gasteiger partial charge < -0.3 is 9.67 Å². The smallest absolute Gasteiger partial charge is 0.0998 e. The molecule has 100 valence electrons. The zero-order chi connectivity index (χ0) is 13.4. The summed E-state index contributed by atoms with van der Waals surface area (Å²) in [7, 11) is 0. The fraction of sp³-hybridized carbons (Fsp3) is 0.400. The summed E-state index contributed by atoms with van der Waals surface area (Å²) in [5.74, 6) is 0. The minimum Gasteiger partial charge on any atom is -0.389 e. The molecule has 3 nitrogen and oxygen atoms in total. The molecule has 0 amide bonds. The predicted molar refractivity (Wildman–Crippen MR) is 78.5 cm³/mol. The first-order valence-corrected chi connectivity index (χ1v) is 7.49. The second-order valence-electron chi connectivity index (χ2n) is 5.10. The van der Waals surface area contributed by atoms with Crippen LogP contribution in [0.2, 0.25) is 0 Å². The third-order valence-corrected chi connectivity index (χ3v) is 4.38. The quantitative estimate of drug-likeness (QED) is 0.918. The summed E-state index contributed by atoms with van der Waals surface area (Å²) >= 11 is 3.60. The summed E-state index contributed by atoms with van der Waals surface area (Å²) < 4.78 is 3.17. The Morgan fingerprint density at radius 2 is 2.11 bits per heavy atom. The molecule has 1 aliphatic carbocycles. The van der Waals surface area contributed by atoms with Crippen LogP contribution in [0.1, 0.15) is 42.8 Å². The lowest BCUT2D eigenvalue weighted by Crippen LogP contribution is -2.07. The van der Waals surface area contributed by atoms with Gasteiger partial charge in [0, 0.05) is 10.2 Å². The number of rotatable bonds is 2. The first-order chi connectivity index (χ1) is 9.16. The topological polar surface area (TPSA) is 38.0 Å². The molecule has 0 aliphatic heterocycles. The van der Waals surface area contributed by atoms with E-state index < -0.39 is 6.10 Å². The number of aliphatic hydroxyl groups excluding tert-OH is 1. The van der Waals surface area contributed by atoms with E-state index in [9.17, 15) is 5.11 Å². The summed E-state index contributed by atoms with van der Waals surface area (Å²) in [6.45, 7) is 1.78. The van der Waals surface area contributed by atoms with Gasteiger partial charge in [0.2, 0.25) is 0 Å². The van der Waals surface area contributed by atoms with Crippen LogP contribution in [0.5, 0.6) is 0 Å². The van der Waals surface area contributed by atoms with Crippen molar-refractivity contribution in [1.29, 1.82) is 0 Å². The van der Waals surface area contributed by atoms with E-state index in [1.54, 1.807) is 6.92 Å². The number of benzene rings is 1. The summed E-state index contributed by atoms with van der Waals surface area (Å²) in [6.07, 6.45) is 6.14. The molecule has 1 aromatic carbocycles. The normalized spacial score (nSPS) is 16.2. The summed E-state index contributed by atoms with van der Waals surface area (Å²) in [5.41, 5.74) is 4.58. The zero-order valence-corrected chi connectivity index (χ0v) is 12.5. The molecule has 0 unspecified atom stereocenters. The molecule has 1 aliphatic rings. The van der Waals surface area contributed by atoms with Crippen molar-refractivity contribution in [3.05, 3.63) is 46.0 Å². The molecule has 2 aromatic rings. The van der Waals surface area contributed by atoms with Crippen LogP contribution in [-0.4, -0.2) is 14.7 Å². The number of imidazole rings is 1. The van der Waals surface area contributed by atoms with Gasteiger partial charge in [-0.15, -0.1) is 0 Å². The maximum atomic E-state index is 9.62. The van der Waals surface area contributed by atoms with E-state index in [0.29, 0.717) is 0 Å². The fourth-order valence-corrected chi connectivity index (χ4v) is 3.24. The lowest BCUT2D eigenvalue weighted by Gasteiger charge is -2.16. The Labute approximate surface area is 121 Å². The number of aromatic nitrogens is 2. The third kappa shape index (κ3) is 2.35. The lowest BCUT2D eigenvalue weighted by molar-refractivity contribution is 0.199. The maximum Gasteiger partial charge on any atom is 0.0998 e. The Morgan fingerprint density at radius 1 is 1.32 bits per heavy atom. The molecule has 0 radical (unpaired) electrons. The van der Waals surface area contributed by atoms with E-state index >= 15 is 0 Å². The second kappa shape index (κ2) is 5.10. The summed E-state index contributed by atoms with van der Waals surface area (Å²) in [4.78, 5) is 4.52. The number of nitrogens with zero attached hydrogens (tertiary/aromatic N) is 2. The molecule has 3 rings (SSSR count). The van der Waals surface area contributed by atoms with Crippen molar-refractivity contribution >= 4 is 15.9 Å². The average Bonchev–Trinajstić information content (AvgIpc) is 2.82. The molecule has 0 fully saturated rings. The average molecular weight is 321 g/mol. The van der Waals surface area contributed by atoms with Crippen LogP contribution in [0.15, 0.2) is 29.0 Å². The van der Waals surface area contributed by atoms with Gasteiger partial charge in [-0.2, -0.15) is 0 Å². The number of aliphatic hydroxyl groups is 1. The SMILES string of the molecule is C[C@H](O)c1ccc(-n2cnc3c2CCCC3)c(Br)c1. The van der Waals surface area contributed by atoms with Crippen LogP contribution < -0.4 is 0 Å². The van der Waals surface area contributed by atoms with Gasteiger partial charge in [-0.1, -0.05) is 6.07 Å². The summed E-state index contributed by atoms with van der Waals surface area (Å²) in [6, 6.07) is 6.00. The first kappa shape index (κ1) is 12.9. The van der Waals surface area contributed by atoms with Crippen molar-refractivity contribution in [2.45, 2.75) is 38.7 Å². The van der Waals surface area contributed by atoms with Crippen LogP contribution in [0.25, 0.3) is 5.69 Å². The van der Waals surface area contributed by atoms with Crippen molar-refractivity contribution < 1.29 is 5.11 Å². The van der Waals surface area contributed by atoms with E-state index in [1.165, 1.54) is 24.2 Å². The number of hydrogen-bond donors (Lipinski definition) is 1. The van der Waals surface area contributed by atoms with Gasteiger partial charge in [-0.05, 0) is 66.2 Å². The van der Waals surface area contributed by atoms with E-state index in [-0.39, 0.29) is 0 Å². The van der Waals surface area contributed by atoms with Crippen LogP contribution in [-0.2, 0) is 12.8 Å². The first-order valence-electron chi connectivity index (χ1n) is 6.70. The largest absolute Gasteiger partial charge is 0.389 e. The second-order valence-corrected chi connectivity index (χ2v) is 5.96. The monoisotopic (exact) mass is 320 g/mol. The molecular weight excluding hydrogens is 304 g/mol. The van der Waals surface area contributed by atoms with E-state index in [2.05, 4.69) is 25.5 Å². The minimum atomic E-state index is -0.443. The highest BCUT2D eigenvalue weighted by Crippen LogP contribution is 2.29. The molecule has 0 saturated carbocycles. The van der Waals surface area contributed by atoms with Gasteiger partial charge in [-0.3, -0.25) is 0 Å². The summed E-state index contributed by atoms with van der Waals surface area (Å²) in [5, 5.41) is 9.62. The Balaban J connectivity index is 2.05. The molecular formula is C15H17BrN2O. The highest BCUT2D eigenvalue weighted by Gasteiger charge is 2.17. The van der Waals surface area contributed by atoms with Gasteiger partial charge in [-0.25, -0.2) is 4.98 Å². The van der Waals surface area contributed by atoms with Crippen molar-refractivity contribution in [1.82, 2.24) is 9.55 Å². The van der Waals surface area contributed by atoms with Crippen molar-refractivity contribution in [3.8, 4) is 5.69 Å². The van der Waals surface area contributed by atoms with Gasteiger partial charge in [0.25, 0.3) is 0 Å². The number of aryl methyl sites for hydroxylation is 1. The van der Waals surface area contributed by atoms with Crippen LogP contribution in [0.3, 0.4) is 0 Å². The predicted octanol–water partition coefficient (Wildman–Crippen LogP) is 3.57. The van der Waals surface area contributed by atoms with Gasteiger partial charge >= 0.3 is 0 Å². The van der Waals surface area contributed by atoms with Gasteiger partial charge in [0.15, 0.2) is 0 Å². The van der Waals surface area contributed by atoms with Crippen molar-refractivity contribution in [2.75, 3.05) is 0 Å². The minimum absolute atomic E-state index is 0.443. The van der Waals surface area contributed by atoms with Crippen molar-refractivity contribution in [3.63, 3.8) is 0 Å². The van der Waals surface area contributed by atoms with Gasteiger partial charge in [0.05, 0.1) is 23.8 Å². The molecule has 1 aromatic heterocycles. The molecule has 0 saturated heterocycles. The van der Waals surface area contributed by atoms with Crippen LogP contribution >= 0.6 is 15.9 Å². The molecule has 4 heteroatoms. The number of halogens is 1. The highest BCUT2D eigenvalue weighted by atomic mass is 79.9. The Bertz CT molecular complexity index is 604. The molecule has 1 N–H and O–H groups in total. The highest BCUT2D eigenvalue weighted by molar-refractivity contribution is 9.10. The Morgan fingerprint density at radius 3 is 2.84 bits per heavy atom. The molecule has 19 heavy (non-hydrogen) atoms. The third-order valence-electron chi connectivity index (χ3n) is 3.74. The Hall–Kier alpha value is -1.13. The number of hydrogen-bond acceptors (Lipinski definition) is 2. The van der Waals surface area contributed by atoms with E-state index in [4.69, 9.17) is 0 Å². The van der Waals surface area contributed by atoms with E-state index in [1.807, 2.05) is 24.5 Å². The lowest BCUT2D eigenvalue weighted by atomic mass is 10.0. The van der Waals surface area contributed by atoms with Crippen LogP contribution in [0.4, 0.5) is 0 Å². The van der Waals surface area contributed by atoms with Crippen LogP contribution in [0, 0.1) is 0 Å². The molecule has 1 heterocycles. The van der Waals surface area contributed by atoms with E-state index in [0.717, 1.165) is 28.6 Å². The maximum absolute atomic E-state index is 9.62. The molecule has 0 bridgehead atoms. The zero-order valence-electron chi connectivity index (χ0n) is 10.9.